The van der Waals surface area contributed by atoms with Gasteiger partial charge in [-0.25, -0.2) is 0 Å². The molecule has 0 atom stereocenters. The normalized spacial score (nSPS) is 9.69. The van der Waals surface area contributed by atoms with Crippen LogP contribution in [-0.2, 0) is 11.2 Å². The average Bonchev–Trinajstić information content (AvgIpc) is 2.15. The second kappa shape index (κ2) is 4.97. The molecule has 4 heteroatoms. The van der Waals surface area contributed by atoms with Gasteiger partial charge in [0.05, 0.1) is 17.3 Å². The fourth-order valence-electron chi connectivity index (χ4n) is 1.05. The molecule has 0 unspecified atom stereocenters. The molecule has 1 aromatic rings. The highest BCUT2D eigenvalue weighted by Crippen LogP contribution is 2.27. The first-order valence-electron chi connectivity index (χ1n) is 3.90. The summed E-state index contributed by atoms with van der Waals surface area (Å²) in [5.74, 6) is 0.712. The van der Waals surface area contributed by atoms with Crippen molar-refractivity contribution < 1.29 is 9.53 Å². The number of nitrogens with zero attached hydrogens (tertiary/aromatic N) is 1. The van der Waals surface area contributed by atoms with Gasteiger partial charge in [-0.1, -0.05) is 0 Å². The fraction of sp³-hybridized carbons (Fsp3) is 0.333. The summed E-state index contributed by atoms with van der Waals surface area (Å²) in [5, 5.41) is 0. The molecule has 13 heavy (non-hydrogen) atoms. The second-order valence-corrected chi connectivity index (χ2v) is 3.33. The summed E-state index contributed by atoms with van der Waals surface area (Å²) in [7, 11) is 1.59. The van der Waals surface area contributed by atoms with Gasteiger partial charge in [0.1, 0.15) is 6.29 Å². The number of carbonyl (C=O) groups is 1. The van der Waals surface area contributed by atoms with Gasteiger partial charge in [0.25, 0.3) is 0 Å². The molecule has 0 N–H and O–H groups in total. The van der Waals surface area contributed by atoms with E-state index in [9.17, 15) is 4.79 Å². The average molecular weight is 244 g/mol. The molecule has 0 aliphatic carbocycles. The molecule has 0 aromatic carbocycles. The van der Waals surface area contributed by atoms with E-state index < -0.39 is 0 Å². The molecular weight excluding hydrogens is 234 g/mol. The van der Waals surface area contributed by atoms with Gasteiger partial charge in [-0.15, -0.1) is 0 Å². The van der Waals surface area contributed by atoms with Crippen LogP contribution in [0.2, 0.25) is 0 Å². The SMILES string of the molecule is COc1c(Br)ccnc1CCC=O. The second-order valence-electron chi connectivity index (χ2n) is 2.48. The molecule has 0 saturated heterocycles. The number of ether oxygens (including phenoxy) is 1. The van der Waals surface area contributed by atoms with Gasteiger partial charge in [0, 0.05) is 19.0 Å². The van der Waals surface area contributed by atoms with E-state index in [0.717, 1.165) is 16.5 Å². The van der Waals surface area contributed by atoms with Crippen LogP contribution in [-0.4, -0.2) is 18.4 Å². The third-order valence-corrected chi connectivity index (χ3v) is 2.26. The number of pyridine rings is 1. The van der Waals surface area contributed by atoms with E-state index in [2.05, 4.69) is 20.9 Å². The van der Waals surface area contributed by atoms with Crippen molar-refractivity contribution in [3.05, 3.63) is 22.4 Å². The van der Waals surface area contributed by atoms with Crippen molar-refractivity contribution in [1.82, 2.24) is 4.98 Å². The van der Waals surface area contributed by atoms with Crippen molar-refractivity contribution >= 4 is 22.2 Å². The number of aromatic nitrogens is 1. The van der Waals surface area contributed by atoms with Crippen molar-refractivity contribution in [1.29, 1.82) is 0 Å². The predicted octanol–water partition coefficient (Wildman–Crippen LogP) is 1.98. The van der Waals surface area contributed by atoms with Crippen LogP contribution in [0, 0.1) is 0 Å². The number of aldehydes is 1. The lowest BCUT2D eigenvalue weighted by Crippen LogP contribution is -1.96. The minimum absolute atomic E-state index is 0.472. The summed E-state index contributed by atoms with van der Waals surface area (Å²) in [4.78, 5) is 14.3. The fourth-order valence-corrected chi connectivity index (χ4v) is 1.56. The van der Waals surface area contributed by atoms with E-state index in [1.165, 1.54) is 0 Å². The number of hydrogen-bond donors (Lipinski definition) is 0. The Morgan fingerprint density at radius 2 is 2.46 bits per heavy atom. The van der Waals surface area contributed by atoms with E-state index in [1.807, 2.05) is 6.07 Å². The lowest BCUT2D eigenvalue weighted by Gasteiger charge is -2.07. The van der Waals surface area contributed by atoms with Crippen molar-refractivity contribution in [3.63, 3.8) is 0 Å². The van der Waals surface area contributed by atoms with Crippen molar-refractivity contribution in [2.24, 2.45) is 0 Å². The summed E-state index contributed by atoms with van der Waals surface area (Å²) in [5.41, 5.74) is 0.809. The first-order valence-corrected chi connectivity index (χ1v) is 4.70. The smallest absolute Gasteiger partial charge is 0.154 e. The minimum atomic E-state index is 0.472. The van der Waals surface area contributed by atoms with Gasteiger partial charge in [0.15, 0.2) is 5.75 Å². The molecule has 1 rings (SSSR count). The highest BCUT2D eigenvalue weighted by Gasteiger charge is 2.07. The molecule has 70 valence electrons. The third kappa shape index (κ3) is 2.52. The molecule has 0 fully saturated rings. The number of carbonyl (C=O) groups excluding carboxylic acids is 1. The largest absolute Gasteiger partial charge is 0.494 e. The molecule has 0 radical (unpaired) electrons. The Morgan fingerprint density at radius 1 is 1.69 bits per heavy atom. The summed E-state index contributed by atoms with van der Waals surface area (Å²) < 4.78 is 6.01. The highest BCUT2D eigenvalue weighted by atomic mass is 79.9. The van der Waals surface area contributed by atoms with Gasteiger partial charge >= 0.3 is 0 Å². The van der Waals surface area contributed by atoms with Crippen LogP contribution >= 0.6 is 15.9 Å². The molecule has 0 spiro atoms. The molecule has 0 aliphatic rings. The number of halogens is 1. The predicted molar refractivity (Wildman–Crippen MR) is 52.9 cm³/mol. The van der Waals surface area contributed by atoms with Crippen LogP contribution in [0.5, 0.6) is 5.75 Å². The van der Waals surface area contributed by atoms with Crippen LogP contribution in [0.15, 0.2) is 16.7 Å². The maximum Gasteiger partial charge on any atom is 0.154 e. The number of aryl methyl sites for hydroxylation is 1. The standard InChI is InChI=1S/C9H10BrNO2/c1-13-9-7(10)4-5-11-8(9)3-2-6-12/h4-6H,2-3H2,1H3. The Morgan fingerprint density at radius 3 is 3.08 bits per heavy atom. The van der Waals surface area contributed by atoms with Crippen molar-refractivity contribution in [2.75, 3.05) is 7.11 Å². The zero-order valence-corrected chi connectivity index (χ0v) is 8.87. The minimum Gasteiger partial charge on any atom is -0.494 e. The van der Waals surface area contributed by atoms with E-state index in [4.69, 9.17) is 4.74 Å². The maximum absolute atomic E-state index is 10.2. The summed E-state index contributed by atoms with van der Waals surface area (Å²) in [6, 6.07) is 1.81. The van der Waals surface area contributed by atoms with E-state index in [-0.39, 0.29) is 0 Å². The first-order chi connectivity index (χ1) is 6.29. The summed E-state index contributed by atoms with van der Waals surface area (Å²) in [6.07, 6.45) is 3.65. The molecule has 3 nitrogen and oxygen atoms in total. The van der Waals surface area contributed by atoms with Crippen LogP contribution in [0.3, 0.4) is 0 Å². The van der Waals surface area contributed by atoms with Gasteiger partial charge < -0.3 is 9.53 Å². The monoisotopic (exact) mass is 243 g/mol. The van der Waals surface area contributed by atoms with Crippen LogP contribution < -0.4 is 4.74 Å². The Labute approximate surface area is 85.3 Å². The van der Waals surface area contributed by atoms with Gasteiger partial charge in [-0.2, -0.15) is 0 Å². The van der Waals surface area contributed by atoms with Gasteiger partial charge in [-0.05, 0) is 22.0 Å². The Hall–Kier alpha value is -0.900. The lowest BCUT2D eigenvalue weighted by molar-refractivity contribution is -0.107. The van der Waals surface area contributed by atoms with Crippen LogP contribution in [0.4, 0.5) is 0 Å². The van der Waals surface area contributed by atoms with Crippen molar-refractivity contribution in [2.45, 2.75) is 12.8 Å². The topological polar surface area (TPSA) is 39.2 Å². The highest BCUT2D eigenvalue weighted by molar-refractivity contribution is 9.10. The molecule has 0 bridgehead atoms. The van der Waals surface area contributed by atoms with Gasteiger partial charge in [-0.3, -0.25) is 4.98 Å². The zero-order chi connectivity index (χ0) is 9.68. The quantitative estimate of drug-likeness (QED) is 0.760. The third-order valence-electron chi connectivity index (χ3n) is 1.63. The van der Waals surface area contributed by atoms with Crippen LogP contribution in [0.1, 0.15) is 12.1 Å². The van der Waals surface area contributed by atoms with E-state index in [1.54, 1.807) is 13.3 Å². The van der Waals surface area contributed by atoms with E-state index >= 15 is 0 Å². The molecule has 0 saturated carbocycles. The maximum atomic E-state index is 10.2. The summed E-state index contributed by atoms with van der Waals surface area (Å²) in [6.45, 7) is 0. The molecule has 1 aromatic heterocycles. The molecular formula is C9H10BrNO2. The number of methoxy groups -OCH3 is 1. The Balaban J connectivity index is 2.91. The number of rotatable bonds is 4. The summed E-state index contributed by atoms with van der Waals surface area (Å²) >= 11 is 3.35. The molecule has 0 aliphatic heterocycles. The van der Waals surface area contributed by atoms with Crippen molar-refractivity contribution in [3.8, 4) is 5.75 Å². The number of hydrogen-bond acceptors (Lipinski definition) is 3. The first kappa shape index (κ1) is 10.2. The molecule has 1 heterocycles. The Bertz CT molecular complexity index is 302. The van der Waals surface area contributed by atoms with Crippen LogP contribution in [0.25, 0.3) is 0 Å². The zero-order valence-electron chi connectivity index (χ0n) is 7.29. The lowest BCUT2D eigenvalue weighted by atomic mass is 10.2. The van der Waals surface area contributed by atoms with E-state index in [0.29, 0.717) is 18.6 Å². The van der Waals surface area contributed by atoms with Gasteiger partial charge in [0.2, 0.25) is 0 Å². The Kier molecular flexibility index (Phi) is 3.89. The molecule has 0 amide bonds.